The molecule has 92 valence electrons. The molecule has 2 aromatic rings. The molecule has 1 N–H and O–H groups in total. The molecule has 0 aromatic carbocycles. The molecule has 0 aliphatic rings. The minimum Gasteiger partial charge on any atom is -0.477 e. The van der Waals surface area contributed by atoms with Crippen LogP contribution in [0.5, 0.6) is 0 Å². The number of aromatic nitrogens is 3. The van der Waals surface area contributed by atoms with Crippen LogP contribution < -0.4 is 5.69 Å². The number of hydrogen-bond donors (Lipinski definition) is 1. The van der Waals surface area contributed by atoms with Crippen LogP contribution in [-0.4, -0.2) is 25.6 Å². The Morgan fingerprint density at radius 2 is 2.22 bits per heavy atom. The van der Waals surface area contributed by atoms with Gasteiger partial charge in [0.25, 0.3) is 0 Å². The van der Waals surface area contributed by atoms with Crippen LogP contribution in [0.3, 0.4) is 0 Å². The quantitative estimate of drug-likeness (QED) is 0.860. The highest BCUT2D eigenvalue weighted by atomic mass is 16.4. The van der Waals surface area contributed by atoms with Gasteiger partial charge in [0.15, 0.2) is 0 Å². The highest BCUT2D eigenvalue weighted by Gasteiger charge is 2.06. The fourth-order valence-corrected chi connectivity index (χ4v) is 1.57. The topological polar surface area (TPSA) is 85.1 Å². The molecule has 18 heavy (non-hydrogen) atoms. The van der Waals surface area contributed by atoms with Crippen molar-refractivity contribution in [2.24, 2.45) is 0 Å². The first-order chi connectivity index (χ1) is 8.56. The Bertz CT molecular complexity index is 649. The molecule has 0 amide bonds. The molecule has 6 heteroatoms. The van der Waals surface area contributed by atoms with Crippen molar-refractivity contribution < 1.29 is 9.90 Å². The molecule has 0 spiro atoms. The Kier molecular flexibility index (Phi) is 3.18. The van der Waals surface area contributed by atoms with Gasteiger partial charge in [0, 0.05) is 18.6 Å². The first-order valence-corrected chi connectivity index (χ1v) is 5.27. The number of nitrogens with zero attached hydrogens (tertiary/aromatic N) is 3. The van der Waals surface area contributed by atoms with E-state index in [1.165, 1.54) is 23.0 Å². The van der Waals surface area contributed by atoms with Crippen molar-refractivity contribution in [2.45, 2.75) is 13.5 Å². The number of rotatable bonds is 3. The van der Waals surface area contributed by atoms with Crippen molar-refractivity contribution in [3.63, 3.8) is 0 Å². The summed E-state index contributed by atoms with van der Waals surface area (Å²) in [7, 11) is 0. The molecule has 2 rings (SSSR count). The average Bonchev–Trinajstić information content (AvgIpc) is 2.34. The van der Waals surface area contributed by atoms with Crippen molar-refractivity contribution in [3.8, 4) is 0 Å². The number of hydrogen-bond acceptors (Lipinski definition) is 4. The molecule has 0 radical (unpaired) electrons. The molecule has 0 saturated carbocycles. The van der Waals surface area contributed by atoms with E-state index in [2.05, 4.69) is 9.97 Å². The Labute approximate surface area is 103 Å². The summed E-state index contributed by atoms with van der Waals surface area (Å²) in [6.07, 6.45) is 4.58. The van der Waals surface area contributed by atoms with Crippen molar-refractivity contribution in [1.29, 1.82) is 0 Å². The molecule has 0 bridgehead atoms. The molecule has 2 heterocycles. The molecule has 0 aliphatic heterocycles. The van der Waals surface area contributed by atoms with Crippen molar-refractivity contribution >= 4 is 5.97 Å². The van der Waals surface area contributed by atoms with E-state index in [-0.39, 0.29) is 17.9 Å². The van der Waals surface area contributed by atoms with E-state index < -0.39 is 5.97 Å². The number of carbonyl (C=O) groups is 1. The van der Waals surface area contributed by atoms with Crippen LogP contribution in [0, 0.1) is 6.92 Å². The Balaban J connectivity index is 2.34. The average molecular weight is 245 g/mol. The maximum absolute atomic E-state index is 11.5. The van der Waals surface area contributed by atoms with Gasteiger partial charge in [-0.1, -0.05) is 0 Å². The summed E-state index contributed by atoms with van der Waals surface area (Å²) in [5.41, 5.74) is 1.15. The monoisotopic (exact) mass is 245 g/mol. The summed E-state index contributed by atoms with van der Waals surface area (Å²) in [5, 5.41) is 8.83. The van der Waals surface area contributed by atoms with E-state index in [1.807, 2.05) is 6.92 Å². The molecule has 0 unspecified atom stereocenters. The first kappa shape index (κ1) is 12.0. The van der Waals surface area contributed by atoms with E-state index in [9.17, 15) is 9.59 Å². The van der Waals surface area contributed by atoms with Crippen LogP contribution in [0.4, 0.5) is 0 Å². The van der Waals surface area contributed by atoms with Gasteiger partial charge in [-0.3, -0.25) is 4.57 Å². The van der Waals surface area contributed by atoms with E-state index in [0.717, 1.165) is 5.56 Å². The fraction of sp³-hybridized carbons (Fsp3) is 0.167. The second-order valence-corrected chi connectivity index (χ2v) is 3.90. The van der Waals surface area contributed by atoms with Gasteiger partial charge in [0.2, 0.25) is 0 Å². The molecule has 6 nitrogen and oxygen atoms in total. The minimum absolute atomic E-state index is 0.0406. The molecule has 0 saturated heterocycles. The van der Waals surface area contributed by atoms with Gasteiger partial charge < -0.3 is 5.11 Å². The smallest absolute Gasteiger partial charge is 0.354 e. The molecule has 0 atom stereocenters. The van der Waals surface area contributed by atoms with Gasteiger partial charge >= 0.3 is 11.7 Å². The minimum atomic E-state index is -1.09. The summed E-state index contributed by atoms with van der Waals surface area (Å²) in [4.78, 5) is 29.7. The lowest BCUT2D eigenvalue weighted by Gasteiger charge is -2.06. The van der Waals surface area contributed by atoms with Gasteiger partial charge in [-0.05, 0) is 30.2 Å². The van der Waals surface area contributed by atoms with Crippen LogP contribution in [0.1, 0.15) is 21.6 Å². The van der Waals surface area contributed by atoms with E-state index in [0.29, 0.717) is 5.56 Å². The molecule has 0 fully saturated rings. The Morgan fingerprint density at radius 1 is 1.44 bits per heavy atom. The molecular weight excluding hydrogens is 234 g/mol. The van der Waals surface area contributed by atoms with Gasteiger partial charge in [-0.15, -0.1) is 0 Å². The lowest BCUT2D eigenvalue weighted by molar-refractivity contribution is 0.0690. The van der Waals surface area contributed by atoms with Crippen LogP contribution in [0.15, 0.2) is 35.5 Å². The third-order valence-corrected chi connectivity index (χ3v) is 2.38. The lowest BCUT2D eigenvalue weighted by Crippen LogP contribution is -2.23. The SMILES string of the molecule is Cc1cnc(=O)n(Cc2ccnc(C(=O)O)c2)c1. The third kappa shape index (κ3) is 2.60. The zero-order chi connectivity index (χ0) is 13.1. The summed E-state index contributed by atoms with van der Waals surface area (Å²) >= 11 is 0. The summed E-state index contributed by atoms with van der Waals surface area (Å²) in [6, 6.07) is 3.11. The Morgan fingerprint density at radius 3 is 2.94 bits per heavy atom. The maximum Gasteiger partial charge on any atom is 0.354 e. The maximum atomic E-state index is 11.5. The van der Waals surface area contributed by atoms with Gasteiger partial charge in [-0.2, -0.15) is 0 Å². The summed E-state index contributed by atoms with van der Waals surface area (Å²) < 4.78 is 1.43. The van der Waals surface area contributed by atoms with Gasteiger partial charge in [0.05, 0.1) is 6.54 Å². The number of carboxylic acids is 1. The highest BCUT2D eigenvalue weighted by Crippen LogP contribution is 2.04. The second kappa shape index (κ2) is 4.79. The molecule has 0 aliphatic carbocycles. The summed E-state index contributed by atoms with van der Waals surface area (Å²) in [6.45, 7) is 2.11. The zero-order valence-corrected chi connectivity index (χ0v) is 9.70. The van der Waals surface area contributed by atoms with Crippen LogP contribution in [-0.2, 0) is 6.54 Å². The van der Waals surface area contributed by atoms with Crippen LogP contribution in [0.2, 0.25) is 0 Å². The summed E-state index contributed by atoms with van der Waals surface area (Å²) in [5.74, 6) is -1.09. The second-order valence-electron chi connectivity index (χ2n) is 3.90. The first-order valence-electron chi connectivity index (χ1n) is 5.27. The van der Waals surface area contributed by atoms with Gasteiger partial charge in [-0.25, -0.2) is 19.6 Å². The number of aryl methyl sites for hydroxylation is 1. The largest absolute Gasteiger partial charge is 0.477 e. The third-order valence-electron chi connectivity index (χ3n) is 2.38. The molecular formula is C12H11N3O3. The van der Waals surface area contributed by atoms with Crippen molar-refractivity contribution in [2.75, 3.05) is 0 Å². The van der Waals surface area contributed by atoms with Crippen LogP contribution >= 0.6 is 0 Å². The predicted octanol–water partition coefficient (Wildman–Crippen LogP) is 0.693. The van der Waals surface area contributed by atoms with Crippen molar-refractivity contribution in [3.05, 3.63) is 58.0 Å². The predicted molar refractivity (Wildman–Crippen MR) is 63.5 cm³/mol. The van der Waals surface area contributed by atoms with Crippen molar-refractivity contribution in [1.82, 2.24) is 14.5 Å². The van der Waals surface area contributed by atoms with E-state index in [4.69, 9.17) is 5.11 Å². The lowest BCUT2D eigenvalue weighted by atomic mass is 10.2. The fourth-order valence-electron chi connectivity index (χ4n) is 1.57. The highest BCUT2D eigenvalue weighted by molar-refractivity contribution is 5.85. The normalized spacial score (nSPS) is 10.3. The number of aromatic carboxylic acids is 1. The standard InChI is InChI=1S/C12H11N3O3/c1-8-5-14-12(18)15(6-8)7-9-2-3-13-10(4-9)11(16)17/h2-6H,7H2,1H3,(H,16,17). The van der Waals surface area contributed by atoms with Gasteiger partial charge in [0.1, 0.15) is 5.69 Å². The molecule has 2 aromatic heterocycles. The van der Waals surface area contributed by atoms with E-state index in [1.54, 1.807) is 12.3 Å². The number of carboxylic acid groups (broad SMARTS) is 1. The zero-order valence-electron chi connectivity index (χ0n) is 9.70. The van der Waals surface area contributed by atoms with E-state index >= 15 is 0 Å². The van der Waals surface area contributed by atoms with Crippen LogP contribution in [0.25, 0.3) is 0 Å². The Hall–Kier alpha value is -2.50. The number of pyridine rings is 1.